The van der Waals surface area contributed by atoms with Crippen LogP contribution in [0.3, 0.4) is 0 Å². The van der Waals surface area contributed by atoms with Crippen molar-refractivity contribution in [1.82, 2.24) is 15.2 Å². The number of hydrogen-bond donors (Lipinski definition) is 1. The molecule has 0 amide bonds. The average Bonchev–Trinajstić information content (AvgIpc) is 2.47. The molecular formula is C14H23N3O2. The second kappa shape index (κ2) is 6.73. The SMILES string of the molecule is CCC1CN(Cc2nccc(OC)c2OC)CCN1. The van der Waals surface area contributed by atoms with Gasteiger partial charge in [-0.15, -0.1) is 0 Å². The Balaban J connectivity index is 2.10. The predicted molar refractivity (Wildman–Crippen MR) is 74.7 cm³/mol. The van der Waals surface area contributed by atoms with Gasteiger partial charge in [0, 0.05) is 44.5 Å². The molecule has 0 radical (unpaired) electrons. The summed E-state index contributed by atoms with van der Waals surface area (Å²) in [5, 5.41) is 3.52. The van der Waals surface area contributed by atoms with Crippen LogP contribution in [0.2, 0.25) is 0 Å². The number of rotatable bonds is 5. The van der Waals surface area contributed by atoms with Crippen molar-refractivity contribution in [2.24, 2.45) is 0 Å². The first-order chi connectivity index (χ1) is 9.28. The summed E-state index contributed by atoms with van der Waals surface area (Å²) >= 11 is 0. The predicted octanol–water partition coefficient (Wildman–Crippen LogP) is 1.28. The molecule has 1 aromatic heterocycles. The van der Waals surface area contributed by atoms with Crippen LogP contribution < -0.4 is 14.8 Å². The van der Waals surface area contributed by atoms with E-state index in [0.29, 0.717) is 6.04 Å². The van der Waals surface area contributed by atoms with E-state index in [0.717, 1.165) is 49.8 Å². The molecule has 1 unspecified atom stereocenters. The Morgan fingerprint density at radius 1 is 1.42 bits per heavy atom. The van der Waals surface area contributed by atoms with Gasteiger partial charge in [0.2, 0.25) is 0 Å². The third kappa shape index (κ3) is 3.36. The van der Waals surface area contributed by atoms with Crippen LogP contribution in [-0.2, 0) is 6.54 Å². The van der Waals surface area contributed by atoms with E-state index in [1.54, 1.807) is 20.4 Å². The van der Waals surface area contributed by atoms with Gasteiger partial charge < -0.3 is 14.8 Å². The topological polar surface area (TPSA) is 46.6 Å². The van der Waals surface area contributed by atoms with Crippen LogP contribution in [0.15, 0.2) is 12.3 Å². The van der Waals surface area contributed by atoms with Crippen molar-refractivity contribution in [1.29, 1.82) is 0 Å². The van der Waals surface area contributed by atoms with E-state index in [2.05, 4.69) is 22.1 Å². The third-order valence-electron chi connectivity index (χ3n) is 3.57. The summed E-state index contributed by atoms with van der Waals surface area (Å²) in [5.74, 6) is 1.49. The zero-order chi connectivity index (χ0) is 13.7. The maximum atomic E-state index is 5.43. The van der Waals surface area contributed by atoms with E-state index in [9.17, 15) is 0 Å². The van der Waals surface area contributed by atoms with Gasteiger partial charge in [0.15, 0.2) is 11.5 Å². The molecule has 0 aromatic carbocycles. The second-order valence-electron chi connectivity index (χ2n) is 4.79. The molecule has 0 saturated carbocycles. The number of piperazine rings is 1. The maximum absolute atomic E-state index is 5.43. The summed E-state index contributed by atoms with van der Waals surface area (Å²) in [6.45, 7) is 6.14. The zero-order valence-electron chi connectivity index (χ0n) is 12.0. The van der Waals surface area contributed by atoms with Gasteiger partial charge in [0.25, 0.3) is 0 Å². The van der Waals surface area contributed by atoms with Crippen molar-refractivity contribution in [3.63, 3.8) is 0 Å². The first-order valence-electron chi connectivity index (χ1n) is 6.80. The average molecular weight is 265 g/mol. The molecule has 0 spiro atoms. The minimum absolute atomic E-state index is 0.574. The Morgan fingerprint density at radius 2 is 2.26 bits per heavy atom. The molecule has 2 heterocycles. The number of ether oxygens (including phenoxy) is 2. The van der Waals surface area contributed by atoms with Crippen molar-refractivity contribution in [3.05, 3.63) is 18.0 Å². The Hall–Kier alpha value is -1.33. The molecule has 1 aliphatic rings. The Labute approximate surface area is 114 Å². The van der Waals surface area contributed by atoms with Crippen molar-refractivity contribution in [2.75, 3.05) is 33.9 Å². The van der Waals surface area contributed by atoms with Gasteiger partial charge in [-0.3, -0.25) is 9.88 Å². The fraction of sp³-hybridized carbons (Fsp3) is 0.643. The molecule has 0 bridgehead atoms. The zero-order valence-corrected chi connectivity index (χ0v) is 12.0. The fourth-order valence-electron chi connectivity index (χ4n) is 2.49. The quantitative estimate of drug-likeness (QED) is 0.869. The third-order valence-corrected chi connectivity index (χ3v) is 3.57. The van der Waals surface area contributed by atoms with Crippen molar-refractivity contribution < 1.29 is 9.47 Å². The van der Waals surface area contributed by atoms with E-state index < -0.39 is 0 Å². The van der Waals surface area contributed by atoms with Crippen molar-refractivity contribution in [3.8, 4) is 11.5 Å². The van der Waals surface area contributed by atoms with E-state index in [1.807, 2.05) is 6.07 Å². The van der Waals surface area contributed by atoms with Gasteiger partial charge in [-0.25, -0.2) is 0 Å². The van der Waals surface area contributed by atoms with E-state index in [4.69, 9.17) is 9.47 Å². The monoisotopic (exact) mass is 265 g/mol. The number of methoxy groups -OCH3 is 2. The number of nitrogens with one attached hydrogen (secondary N) is 1. The lowest BCUT2D eigenvalue weighted by atomic mass is 10.1. The molecular weight excluding hydrogens is 242 g/mol. The van der Waals surface area contributed by atoms with Gasteiger partial charge >= 0.3 is 0 Å². The Morgan fingerprint density at radius 3 is 2.95 bits per heavy atom. The summed E-state index contributed by atoms with van der Waals surface area (Å²) < 4.78 is 10.7. The maximum Gasteiger partial charge on any atom is 0.183 e. The van der Waals surface area contributed by atoms with Gasteiger partial charge in [-0.2, -0.15) is 0 Å². The lowest BCUT2D eigenvalue weighted by molar-refractivity contribution is 0.185. The van der Waals surface area contributed by atoms with Gasteiger partial charge in [-0.1, -0.05) is 6.92 Å². The van der Waals surface area contributed by atoms with Crippen LogP contribution in [0.1, 0.15) is 19.0 Å². The van der Waals surface area contributed by atoms with Gasteiger partial charge in [0.1, 0.15) is 5.69 Å². The van der Waals surface area contributed by atoms with Crippen LogP contribution in [0.25, 0.3) is 0 Å². The first kappa shape index (κ1) is 14.1. The highest BCUT2D eigenvalue weighted by Crippen LogP contribution is 2.29. The van der Waals surface area contributed by atoms with Crippen LogP contribution >= 0.6 is 0 Å². The molecule has 106 valence electrons. The molecule has 5 heteroatoms. The molecule has 19 heavy (non-hydrogen) atoms. The number of aromatic nitrogens is 1. The van der Waals surface area contributed by atoms with Crippen molar-refractivity contribution >= 4 is 0 Å². The van der Waals surface area contributed by atoms with E-state index >= 15 is 0 Å². The Bertz CT molecular complexity index is 412. The van der Waals surface area contributed by atoms with E-state index in [1.165, 1.54) is 0 Å². The molecule has 1 fully saturated rings. The highest BCUT2D eigenvalue weighted by Gasteiger charge is 2.20. The highest BCUT2D eigenvalue weighted by atomic mass is 16.5. The molecule has 1 aromatic rings. The molecule has 1 atom stereocenters. The number of hydrogen-bond acceptors (Lipinski definition) is 5. The second-order valence-corrected chi connectivity index (χ2v) is 4.79. The van der Waals surface area contributed by atoms with Crippen molar-refractivity contribution in [2.45, 2.75) is 25.9 Å². The molecule has 2 rings (SSSR count). The lowest BCUT2D eigenvalue weighted by Crippen LogP contribution is -2.49. The molecule has 5 nitrogen and oxygen atoms in total. The fourth-order valence-corrected chi connectivity index (χ4v) is 2.49. The van der Waals surface area contributed by atoms with Crippen LogP contribution in [-0.4, -0.2) is 49.8 Å². The first-order valence-corrected chi connectivity index (χ1v) is 6.80. The largest absolute Gasteiger partial charge is 0.493 e. The molecule has 1 saturated heterocycles. The lowest BCUT2D eigenvalue weighted by Gasteiger charge is -2.33. The molecule has 0 aliphatic carbocycles. The summed E-state index contributed by atoms with van der Waals surface area (Å²) in [7, 11) is 3.31. The number of nitrogens with zero attached hydrogens (tertiary/aromatic N) is 2. The molecule has 1 N–H and O–H groups in total. The van der Waals surface area contributed by atoms with Crippen LogP contribution in [0, 0.1) is 0 Å². The minimum atomic E-state index is 0.574. The summed E-state index contributed by atoms with van der Waals surface area (Å²) in [4.78, 5) is 6.85. The van der Waals surface area contributed by atoms with Crippen LogP contribution in [0.4, 0.5) is 0 Å². The Kier molecular flexibility index (Phi) is 4.99. The summed E-state index contributed by atoms with van der Waals surface area (Å²) in [6.07, 6.45) is 2.93. The van der Waals surface area contributed by atoms with E-state index in [-0.39, 0.29) is 0 Å². The standard InChI is InChI=1S/C14H23N3O2/c1-4-11-9-17(8-7-15-11)10-12-14(19-3)13(18-2)5-6-16-12/h5-6,11,15H,4,7-10H2,1-3H3. The highest BCUT2D eigenvalue weighted by molar-refractivity contribution is 5.42. The normalized spacial score (nSPS) is 20.3. The molecule has 1 aliphatic heterocycles. The van der Waals surface area contributed by atoms with Gasteiger partial charge in [0.05, 0.1) is 14.2 Å². The summed E-state index contributed by atoms with van der Waals surface area (Å²) in [5.41, 5.74) is 0.943. The smallest absolute Gasteiger partial charge is 0.183 e. The summed E-state index contributed by atoms with van der Waals surface area (Å²) in [6, 6.07) is 2.40. The number of pyridine rings is 1. The van der Waals surface area contributed by atoms with Crippen LogP contribution in [0.5, 0.6) is 11.5 Å². The van der Waals surface area contributed by atoms with Gasteiger partial charge in [-0.05, 0) is 6.42 Å². The minimum Gasteiger partial charge on any atom is -0.493 e.